The molecular weight excluding hydrogens is 333 g/mol. The van der Waals surface area contributed by atoms with Gasteiger partial charge in [-0.15, -0.1) is 0 Å². The van der Waals surface area contributed by atoms with E-state index in [4.69, 9.17) is 0 Å². The Morgan fingerprint density at radius 2 is 2.00 bits per heavy atom. The first-order valence-corrected chi connectivity index (χ1v) is 8.61. The van der Waals surface area contributed by atoms with Crippen molar-refractivity contribution in [1.82, 2.24) is 14.9 Å². The fourth-order valence-electron chi connectivity index (χ4n) is 2.76. The molecule has 3 rings (SSSR count). The summed E-state index contributed by atoms with van der Waals surface area (Å²) in [6, 6.07) is 11.1. The van der Waals surface area contributed by atoms with Crippen LogP contribution in [0.1, 0.15) is 35.7 Å². The van der Waals surface area contributed by atoms with Crippen LogP contribution in [0.2, 0.25) is 0 Å². The molecule has 1 amide bonds. The number of hydrogen-bond donors (Lipinski definition) is 1. The molecular formula is C20H20FN3O2. The molecule has 0 bridgehead atoms. The fourth-order valence-corrected chi connectivity index (χ4v) is 2.76. The summed E-state index contributed by atoms with van der Waals surface area (Å²) in [4.78, 5) is 29.6. The number of nitrogens with one attached hydrogen (secondary N) is 1. The lowest BCUT2D eigenvalue weighted by atomic mass is 10.1. The number of unbranched alkanes of at least 4 members (excludes halogenated alkanes) is 1. The first kappa shape index (κ1) is 17.8. The van der Waals surface area contributed by atoms with Crippen LogP contribution in [-0.2, 0) is 6.54 Å². The maximum atomic E-state index is 13.1. The van der Waals surface area contributed by atoms with E-state index >= 15 is 0 Å². The van der Waals surface area contributed by atoms with Crippen molar-refractivity contribution in [2.75, 3.05) is 6.54 Å². The number of fused-ring (bicyclic) bond motifs is 1. The van der Waals surface area contributed by atoms with E-state index in [0.717, 1.165) is 18.4 Å². The van der Waals surface area contributed by atoms with Crippen LogP contribution in [0, 0.1) is 5.82 Å². The predicted octanol–water partition coefficient (Wildman–Crippen LogP) is 3.11. The summed E-state index contributed by atoms with van der Waals surface area (Å²) in [5.74, 6) is -0.727. The Morgan fingerprint density at radius 1 is 1.23 bits per heavy atom. The lowest BCUT2D eigenvalue weighted by molar-refractivity contribution is 0.0951. The zero-order valence-electron chi connectivity index (χ0n) is 14.5. The Kier molecular flexibility index (Phi) is 5.41. The van der Waals surface area contributed by atoms with Crippen molar-refractivity contribution in [3.05, 3.63) is 76.0 Å². The zero-order chi connectivity index (χ0) is 18.5. The van der Waals surface area contributed by atoms with Crippen molar-refractivity contribution in [2.45, 2.75) is 26.3 Å². The monoisotopic (exact) mass is 353 g/mol. The van der Waals surface area contributed by atoms with Gasteiger partial charge in [-0.2, -0.15) is 0 Å². The number of carbonyl (C=O) groups is 1. The van der Waals surface area contributed by atoms with E-state index in [1.807, 2.05) is 13.0 Å². The van der Waals surface area contributed by atoms with Crippen molar-refractivity contribution in [1.29, 1.82) is 0 Å². The van der Waals surface area contributed by atoms with Crippen molar-refractivity contribution >= 4 is 16.9 Å². The molecule has 5 nitrogen and oxygen atoms in total. The van der Waals surface area contributed by atoms with Gasteiger partial charge in [0.1, 0.15) is 17.0 Å². The minimum absolute atomic E-state index is 0.0868. The van der Waals surface area contributed by atoms with Gasteiger partial charge in [0.15, 0.2) is 0 Å². The van der Waals surface area contributed by atoms with Crippen LogP contribution in [0.4, 0.5) is 4.39 Å². The minimum atomic E-state index is -0.408. The molecule has 0 saturated carbocycles. The average molecular weight is 353 g/mol. The number of halogens is 1. The molecule has 0 unspecified atom stereocenters. The summed E-state index contributed by atoms with van der Waals surface area (Å²) in [6.45, 7) is 2.77. The molecule has 0 saturated heterocycles. The fraction of sp³-hybridized carbons (Fsp3) is 0.250. The number of benzene rings is 1. The molecule has 0 aliphatic rings. The highest BCUT2D eigenvalue weighted by atomic mass is 19.1. The molecule has 0 atom stereocenters. The first-order chi connectivity index (χ1) is 12.6. The number of pyridine rings is 2. The summed E-state index contributed by atoms with van der Waals surface area (Å²) in [7, 11) is 0. The molecule has 0 aliphatic carbocycles. The normalized spacial score (nSPS) is 10.8. The van der Waals surface area contributed by atoms with E-state index in [-0.39, 0.29) is 23.8 Å². The smallest absolute Gasteiger partial charge is 0.265 e. The molecule has 0 spiro atoms. The lowest BCUT2D eigenvalue weighted by Crippen LogP contribution is -2.34. The molecule has 26 heavy (non-hydrogen) atoms. The van der Waals surface area contributed by atoms with Crippen LogP contribution in [0.15, 0.2) is 53.5 Å². The molecule has 0 aliphatic heterocycles. The Bertz CT molecular complexity index is 981. The van der Waals surface area contributed by atoms with Crippen molar-refractivity contribution in [3.63, 3.8) is 0 Å². The minimum Gasteiger partial charge on any atom is -0.352 e. The molecule has 2 heterocycles. The second kappa shape index (κ2) is 7.91. The van der Waals surface area contributed by atoms with Gasteiger partial charge in [-0.25, -0.2) is 9.37 Å². The van der Waals surface area contributed by atoms with E-state index in [2.05, 4.69) is 10.3 Å². The van der Waals surface area contributed by atoms with Gasteiger partial charge in [0.2, 0.25) is 0 Å². The molecule has 6 heteroatoms. The van der Waals surface area contributed by atoms with Gasteiger partial charge in [-0.3, -0.25) is 14.2 Å². The number of nitrogens with zero attached hydrogens (tertiary/aromatic N) is 2. The standard InChI is InChI=1S/C20H20FN3O2/c1-2-3-10-23-19(25)17-12-15-5-4-11-22-18(15)24(20(17)26)13-14-6-8-16(21)9-7-14/h4-9,11-12H,2-3,10,13H2,1H3,(H,23,25). The topological polar surface area (TPSA) is 64.0 Å². The van der Waals surface area contributed by atoms with E-state index in [1.54, 1.807) is 30.5 Å². The first-order valence-electron chi connectivity index (χ1n) is 8.61. The van der Waals surface area contributed by atoms with Gasteiger partial charge in [-0.1, -0.05) is 25.5 Å². The molecule has 2 aromatic heterocycles. The summed E-state index contributed by atoms with van der Waals surface area (Å²) >= 11 is 0. The van der Waals surface area contributed by atoms with E-state index < -0.39 is 5.56 Å². The van der Waals surface area contributed by atoms with Crippen LogP contribution in [-0.4, -0.2) is 22.0 Å². The summed E-state index contributed by atoms with van der Waals surface area (Å²) in [5.41, 5.74) is 0.925. The Balaban J connectivity index is 2.05. The number of hydrogen-bond acceptors (Lipinski definition) is 3. The summed E-state index contributed by atoms with van der Waals surface area (Å²) in [6.07, 6.45) is 3.41. The van der Waals surface area contributed by atoms with Crippen molar-refractivity contribution in [3.8, 4) is 0 Å². The van der Waals surface area contributed by atoms with Gasteiger partial charge < -0.3 is 5.32 Å². The SMILES string of the molecule is CCCCNC(=O)c1cc2cccnc2n(Cc2ccc(F)cc2)c1=O. The zero-order valence-corrected chi connectivity index (χ0v) is 14.5. The maximum Gasteiger partial charge on any atom is 0.265 e. The van der Waals surface area contributed by atoms with Crippen LogP contribution < -0.4 is 10.9 Å². The predicted molar refractivity (Wildman–Crippen MR) is 98.7 cm³/mol. The van der Waals surface area contributed by atoms with Crippen LogP contribution in [0.25, 0.3) is 11.0 Å². The van der Waals surface area contributed by atoms with Crippen molar-refractivity contribution in [2.24, 2.45) is 0 Å². The van der Waals surface area contributed by atoms with E-state index in [9.17, 15) is 14.0 Å². The van der Waals surface area contributed by atoms with Gasteiger partial charge >= 0.3 is 0 Å². The average Bonchev–Trinajstić information content (AvgIpc) is 2.65. The molecule has 1 aromatic carbocycles. The highest BCUT2D eigenvalue weighted by Crippen LogP contribution is 2.13. The third kappa shape index (κ3) is 3.79. The van der Waals surface area contributed by atoms with Gasteiger partial charge in [0.05, 0.1) is 6.54 Å². The highest BCUT2D eigenvalue weighted by molar-refractivity contribution is 5.96. The molecule has 1 N–H and O–H groups in total. The lowest BCUT2D eigenvalue weighted by Gasteiger charge is -2.12. The second-order valence-electron chi connectivity index (χ2n) is 6.10. The maximum absolute atomic E-state index is 13.1. The third-order valence-corrected chi connectivity index (χ3v) is 4.16. The Hall–Kier alpha value is -3.02. The summed E-state index contributed by atoms with van der Waals surface area (Å²) < 4.78 is 14.6. The molecule has 0 radical (unpaired) electrons. The largest absolute Gasteiger partial charge is 0.352 e. The van der Waals surface area contributed by atoms with E-state index in [1.165, 1.54) is 16.7 Å². The summed E-state index contributed by atoms with van der Waals surface area (Å²) in [5, 5.41) is 3.49. The van der Waals surface area contributed by atoms with Crippen LogP contribution in [0.5, 0.6) is 0 Å². The third-order valence-electron chi connectivity index (χ3n) is 4.16. The number of carbonyl (C=O) groups excluding carboxylic acids is 1. The van der Waals surface area contributed by atoms with Gasteiger partial charge in [-0.05, 0) is 42.3 Å². The van der Waals surface area contributed by atoms with Crippen molar-refractivity contribution < 1.29 is 9.18 Å². The number of aromatic nitrogens is 2. The molecule has 3 aromatic rings. The second-order valence-corrected chi connectivity index (χ2v) is 6.10. The van der Waals surface area contributed by atoms with Gasteiger partial charge in [0, 0.05) is 18.1 Å². The van der Waals surface area contributed by atoms with Crippen LogP contribution in [0.3, 0.4) is 0 Å². The highest BCUT2D eigenvalue weighted by Gasteiger charge is 2.16. The number of amides is 1. The van der Waals surface area contributed by atoms with Crippen LogP contribution >= 0.6 is 0 Å². The van der Waals surface area contributed by atoms with E-state index in [0.29, 0.717) is 17.6 Å². The Labute approximate surface area is 150 Å². The Morgan fingerprint density at radius 3 is 2.73 bits per heavy atom. The van der Waals surface area contributed by atoms with Gasteiger partial charge in [0.25, 0.3) is 11.5 Å². The number of rotatable bonds is 6. The quantitative estimate of drug-likeness (QED) is 0.693. The molecule has 134 valence electrons. The molecule has 0 fully saturated rings.